The molecule has 98 valence electrons. The first-order chi connectivity index (χ1) is 8.39. The molecule has 1 aliphatic rings. The van der Waals surface area contributed by atoms with Crippen LogP contribution in [0.5, 0.6) is 0 Å². The minimum atomic E-state index is -0.0197. The molecule has 1 atom stereocenters. The van der Waals surface area contributed by atoms with Gasteiger partial charge in [0.1, 0.15) is 0 Å². The topological polar surface area (TPSA) is 46.3 Å². The van der Waals surface area contributed by atoms with E-state index in [-0.39, 0.29) is 17.4 Å². The SMILES string of the molecule is CC(C)(C)c1ccccc1C(=O)N1CC[C@H](N)C1. The molecule has 0 aliphatic carbocycles. The van der Waals surface area contributed by atoms with Gasteiger partial charge in [0, 0.05) is 24.7 Å². The van der Waals surface area contributed by atoms with Gasteiger partial charge in [-0.15, -0.1) is 0 Å². The first kappa shape index (κ1) is 13.1. The Kier molecular flexibility index (Phi) is 3.44. The second-order valence-corrected chi connectivity index (χ2v) is 6.10. The number of carbonyl (C=O) groups is 1. The predicted octanol–water partition coefficient (Wildman–Crippen LogP) is 2.16. The Morgan fingerprint density at radius 3 is 2.56 bits per heavy atom. The van der Waals surface area contributed by atoms with Crippen LogP contribution in [0.25, 0.3) is 0 Å². The number of nitrogens with two attached hydrogens (primary N) is 1. The fourth-order valence-electron chi connectivity index (χ4n) is 2.47. The number of amides is 1. The Balaban J connectivity index is 2.31. The van der Waals surface area contributed by atoms with Crippen molar-refractivity contribution in [1.29, 1.82) is 0 Å². The van der Waals surface area contributed by atoms with Crippen LogP contribution in [0.4, 0.5) is 0 Å². The minimum Gasteiger partial charge on any atom is -0.337 e. The van der Waals surface area contributed by atoms with E-state index in [1.807, 2.05) is 29.2 Å². The molecule has 0 bridgehead atoms. The van der Waals surface area contributed by atoms with Crippen molar-refractivity contribution in [2.75, 3.05) is 13.1 Å². The summed E-state index contributed by atoms with van der Waals surface area (Å²) in [6, 6.07) is 8.03. The number of likely N-dealkylation sites (tertiary alicyclic amines) is 1. The predicted molar refractivity (Wildman–Crippen MR) is 73.6 cm³/mol. The monoisotopic (exact) mass is 246 g/mol. The van der Waals surface area contributed by atoms with Crippen LogP contribution in [0.2, 0.25) is 0 Å². The molecule has 1 heterocycles. The fourth-order valence-corrected chi connectivity index (χ4v) is 2.47. The molecule has 1 aromatic carbocycles. The molecule has 2 rings (SSSR count). The molecule has 0 saturated carbocycles. The van der Waals surface area contributed by atoms with Crippen molar-refractivity contribution < 1.29 is 4.79 Å². The summed E-state index contributed by atoms with van der Waals surface area (Å²) in [7, 11) is 0. The smallest absolute Gasteiger partial charge is 0.254 e. The average Bonchev–Trinajstić information content (AvgIpc) is 2.74. The molecular formula is C15H22N2O. The van der Waals surface area contributed by atoms with Crippen molar-refractivity contribution in [1.82, 2.24) is 4.90 Å². The van der Waals surface area contributed by atoms with Gasteiger partial charge in [-0.3, -0.25) is 4.79 Å². The van der Waals surface area contributed by atoms with E-state index in [9.17, 15) is 4.79 Å². The second kappa shape index (κ2) is 4.73. The standard InChI is InChI=1S/C15H22N2O/c1-15(2,3)13-7-5-4-6-12(13)14(18)17-9-8-11(16)10-17/h4-7,11H,8-10,16H2,1-3H3/t11-/m0/s1. The Hall–Kier alpha value is -1.35. The maximum Gasteiger partial charge on any atom is 0.254 e. The van der Waals surface area contributed by atoms with E-state index < -0.39 is 0 Å². The normalized spacial score (nSPS) is 20.2. The molecule has 18 heavy (non-hydrogen) atoms. The minimum absolute atomic E-state index is 0.0197. The first-order valence-corrected chi connectivity index (χ1v) is 6.54. The highest BCUT2D eigenvalue weighted by atomic mass is 16.2. The van der Waals surface area contributed by atoms with Crippen LogP contribution >= 0.6 is 0 Å². The maximum atomic E-state index is 12.5. The van der Waals surface area contributed by atoms with Crippen molar-refractivity contribution in [3.63, 3.8) is 0 Å². The third kappa shape index (κ3) is 2.56. The lowest BCUT2D eigenvalue weighted by molar-refractivity contribution is 0.0788. The molecule has 3 nitrogen and oxygen atoms in total. The van der Waals surface area contributed by atoms with Crippen molar-refractivity contribution in [3.8, 4) is 0 Å². The molecule has 0 unspecified atom stereocenters. The Bertz CT molecular complexity index is 448. The highest BCUT2D eigenvalue weighted by Gasteiger charge is 2.28. The third-order valence-electron chi connectivity index (χ3n) is 3.48. The van der Waals surface area contributed by atoms with Crippen molar-refractivity contribution >= 4 is 5.91 Å². The first-order valence-electron chi connectivity index (χ1n) is 6.54. The van der Waals surface area contributed by atoms with E-state index in [1.165, 1.54) is 0 Å². The van der Waals surface area contributed by atoms with E-state index in [0.29, 0.717) is 6.54 Å². The van der Waals surface area contributed by atoms with E-state index in [1.54, 1.807) is 0 Å². The number of rotatable bonds is 1. The van der Waals surface area contributed by atoms with E-state index in [2.05, 4.69) is 20.8 Å². The zero-order valence-corrected chi connectivity index (χ0v) is 11.4. The maximum absolute atomic E-state index is 12.5. The molecule has 1 aromatic rings. The molecule has 1 saturated heterocycles. The van der Waals surface area contributed by atoms with Crippen molar-refractivity contribution in [2.24, 2.45) is 5.73 Å². The number of nitrogens with zero attached hydrogens (tertiary/aromatic N) is 1. The number of carbonyl (C=O) groups excluding carboxylic acids is 1. The van der Waals surface area contributed by atoms with Gasteiger partial charge in [0.25, 0.3) is 5.91 Å². The van der Waals surface area contributed by atoms with Gasteiger partial charge in [-0.2, -0.15) is 0 Å². The molecule has 1 fully saturated rings. The fraction of sp³-hybridized carbons (Fsp3) is 0.533. The van der Waals surface area contributed by atoms with Gasteiger partial charge in [0.2, 0.25) is 0 Å². The van der Waals surface area contributed by atoms with Gasteiger partial charge in [0.15, 0.2) is 0 Å². The number of benzene rings is 1. The summed E-state index contributed by atoms with van der Waals surface area (Å²) in [6.45, 7) is 7.86. The van der Waals surface area contributed by atoms with Crippen LogP contribution in [0.15, 0.2) is 24.3 Å². The molecule has 1 aliphatic heterocycles. The van der Waals surface area contributed by atoms with Crippen LogP contribution in [-0.2, 0) is 5.41 Å². The summed E-state index contributed by atoms with van der Waals surface area (Å²) in [6.07, 6.45) is 0.906. The lowest BCUT2D eigenvalue weighted by Gasteiger charge is -2.25. The Morgan fingerprint density at radius 1 is 1.33 bits per heavy atom. The summed E-state index contributed by atoms with van der Waals surface area (Å²) in [4.78, 5) is 14.4. The van der Waals surface area contributed by atoms with E-state index in [0.717, 1.165) is 24.1 Å². The molecular weight excluding hydrogens is 224 g/mol. The molecule has 3 heteroatoms. The lowest BCUT2D eigenvalue weighted by Crippen LogP contribution is -2.33. The molecule has 0 aromatic heterocycles. The summed E-state index contributed by atoms with van der Waals surface area (Å²) in [5.74, 6) is 0.119. The molecule has 2 N–H and O–H groups in total. The van der Waals surface area contributed by atoms with Crippen LogP contribution in [-0.4, -0.2) is 29.9 Å². The van der Waals surface area contributed by atoms with Crippen LogP contribution < -0.4 is 5.73 Å². The van der Waals surface area contributed by atoms with Gasteiger partial charge in [0.05, 0.1) is 0 Å². The Labute approximate surface area is 109 Å². The molecule has 0 radical (unpaired) electrons. The highest BCUT2D eigenvalue weighted by molar-refractivity contribution is 5.96. The third-order valence-corrected chi connectivity index (χ3v) is 3.48. The summed E-state index contributed by atoms with van der Waals surface area (Å²) in [5.41, 5.74) is 7.78. The molecule has 0 spiro atoms. The van der Waals surface area contributed by atoms with Gasteiger partial charge in [-0.05, 0) is 23.5 Å². The summed E-state index contributed by atoms with van der Waals surface area (Å²) < 4.78 is 0. The van der Waals surface area contributed by atoms with Gasteiger partial charge in [-0.1, -0.05) is 39.0 Å². The lowest BCUT2D eigenvalue weighted by atomic mass is 9.83. The van der Waals surface area contributed by atoms with Crippen molar-refractivity contribution in [3.05, 3.63) is 35.4 Å². The Morgan fingerprint density at radius 2 is 2.00 bits per heavy atom. The van der Waals surface area contributed by atoms with Gasteiger partial charge < -0.3 is 10.6 Å². The van der Waals surface area contributed by atoms with Gasteiger partial charge in [-0.25, -0.2) is 0 Å². The number of hydrogen-bond acceptors (Lipinski definition) is 2. The quantitative estimate of drug-likeness (QED) is 0.825. The van der Waals surface area contributed by atoms with E-state index >= 15 is 0 Å². The average molecular weight is 246 g/mol. The van der Waals surface area contributed by atoms with Crippen LogP contribution in [0.3, 0.4) is 0 Å². The van der Waals surface area contributed by atoms with Gasteiger partial charge >= 0.3 is 0 Å². The zero-order chi connectivity index (χ0) is 13.3. The van der Waals surface area contributed by atoms with Crippen molar-refractivity contribution in [2.45, 2.75) is 38.6 Å². The summed E-state index contributed by atoms with van der Waals surface area (Å²) >= 11 is 0. The largest absolute Gasteiger partial charge is 0.337 e. The van der Waals surface area contributed by atoms with Crippen LogP contribution in [0, 0.1) is 0 Å². The molecule has 1 amide bonds. The zero-order valence-electron chi connectivity index (χ0n) is 11.4. The second-order valence-electron chi connectivity index (χ2n) is 6.10. The van der Waals surface area contributed by atoms with Crippen LogP contribution in [0.1, 0.15) is 43.1 Å². The number of hydrogen-bond donors (Lipinski definition) is 1. The highest BCUT2D eigenvalue weighted by Crippen LogP contribution is 2.27. The van der Waals surface area contributed by atoms with E-state index in [4.69, 9.17) is 5.73 Å². The summed E-state index contributed by atoms with van der Waals surface area (Å²) in [5, 5.41) is 0.